The molecular formula is C20H15Cl2N5O3. The van der Waals surface area contributed by atoms with Gasteiger partial charge in [0.15, 0.2) is 5.60 Å². The van der Waals surface area contributed by atoms with Crippen molar-refractivity contribution in [2.45, 2.75) is 5.60 Å². The van der Waals surface area contributed by atoms with Crippen LogP contribution in [0.25, 0.3) is 5.69 Å². The number of nitrogens with one attached hydrogen (secondary N) is 1. The average Bonchev–Trinajstić information content (AvgIpc) is 3.14. The molecular weight excluding hydrogens is 429 g/mol. The molecule has 2 aromatic carbocycles. The van der Waals surface area contributed by atoms with Crippen molar-refractivity contribution in [3.63, 3.8) is 0 Å². The maximum absolute atomic E-state index is 12.0. The first-order valence-corrected chi connectivity index (χ1v) is 9.50. The zero-order chi connectivity index (χ0) is 21.5. The Bertz CT molecular complexity index is 1340. The van der Waals surface area contributed by atoms with E-state index in [4.69, 9.17) is 23.2 Å². The molecule has 30 heavy (non-hydrogen) atoms. The number of aromatic amines is 1. The second-order valence-electron chi connectivity index (χ2n) is 6.62. The summed E-state index contributed by atoms with van der Waals surface area (Å²) >= 11 is 12.6. The number of rotatable bonds is 4. The highest BCUT2D eigenvalue weighted by atomic mass is 35.5. The van der Waals surface area contributed by atoms with Crippen LogP contribution in [0, 0.1) is 0 Å². The van der Waals surface area contributed by atoms with Crippen molar-refractivity contribution in [1.82, 2.24) is 24.3 Å². The third kappa shape index (κ3) is 3.35. The number of aromatic nitrogens is 5. The Hall–Kier alpha value is -3.20. The van der Waals surface area contributed by atoms with Gasteiger partial charge in [0.25, 0.3) is 5.56 Å². The zero-order valence-electron chi connectivity index (χ0n) is 15.6. The minimum absolute atomic E-state index is 0.186. The number of imidazole rings is 1. The largest absolute Gasteiger partial charge is 0.374 e. The molecule has 0 aliphatic rings. The van der Waals surface area contributed by atoms with Gasteiger partial charge >= 0.3 is 5.69 Å². The molecule has 4 aromatic rings. The zero-order valence-corrected chi connectivity index (χ0v) is 17.1. The summed E-state index contributed by atoms with van der Waals surface area (Å²) in [6.07, 6.45) is 4.11. The predicted molar refractivity (Wildman–Crippen MR) is 112 cm³/mol. The van der Waals surface area contributed by atoms with Crippen LogP contribution in [0.3, 0.4) is 0 Å². The molecule has 0 aliphatic carbocycles. The van der Waals surface area contributed by atoms with Gasteiger partial charge in [-0.15, -0.1) is 0 Å². The van der Waals surface area contributed by atoms with Crippen LogP contribution < -0.4 is 11.2 Å². The highest BCUT2D eigenvalue weighted by Crippen LogP contribution is 2.40. The lowest BCUT2D eigenvalue weighted by atomic mass is 9.83. The fourth-order valence-electron chi connectivity index (χ4n) is 3.30. The second-order valence-corrected chi connectivity index (χ2v) is 7.47. The third-order valence-electron chi connectivity index (χ3n) is 4.75. The molecule has 2 aromatic heterocycles. The van der Waals surface area contributed by atoms with Crippen molar-refractivity contribution in [3.8, 4) is 5.69 Å². The minimum Gasteiger partial charge on any atom is -0.374 e. The molecule has 0 fully saturated rings. The Morgan fingerprint density at radius 3 is 2.40 bits per heavy atom. The first kappa shape index (κ1) is 20.1. The van der Waals surface area contributed by atoms with Gasteiger partial charge in [-0.1, -0.05) is 41.4 Å². The van der Waals surface area contributed by atoms with Gasteiger partial charge in [-0.05, 0) is 29.8 Å². The van der Waals surface area contributed by atoms with Gasteiger partial charge in [0.2, 0.25) is 0 Å². The second kappa shape index (κ2) is 7.56. The van der Waals surface area contributed by atoms with Crippen LogP contribution in [-0.4, -0.2) is 29.4 Å². The van der Waals surface area contributed by atoms with E-state index >= 15 is 0 Å². The number of aliphatic hydroxyl groups is 1. The van der Waals surface area contributed by atoms with Gasteiger partial charge in [0.05, 0.1) is 23.9 Å². The van der Waals surface area contributed by atoms with Crippen LogP contribution in [0.1, 0.15) is 16.8 Å². The Morgan fingerprint density at radius 1 is 1.07 bits per heavy atom. The maximum atomic E-state index is 12.0. The summed E-state index contributed by atoms with van der Waals surface area (Å²) in [7, 11) is 1.76. The molecule has 0 saturated carbocycles. The molecule has 4 rings (SSSR count). The van der Waals surface area contributed by atoms with Crippen molar-refractivity contribution in [2.75, 3.05) is 0 Å². The van der Waals surface area contributed by atoms with E-state index in [1.54, 1.807) is 60.5 Å². The SMILES string of the molecule is Cn1cncc1C(O)(c1ccc(Cl)cc1)c1ccc(-n2ncc(=O)[nH]c2=O)cc1Cl. The lowest BCUT2D eigenvalue weighted by Gasteiger charge is -2.30. The molecule has 0 spiro atoms. The smallest absolute Gasteiger partial charge is 0.349 e. The average molecular weight is 444 g/mol. The van der Waals surface area contributed by atoms with E-state index in [9.17, 15) is 14.7 Å². The molecule has 8 nitrogen and oxygen atoms in total. The summed E-state index contributed by atoms with van der Waals surface area (Å²) in [6.45, 7) is 0. The standard InChI is InChI=1S/C20H15Cl2N5O3/c1-26-11-23-9-17(26)20(30,12-2-4-13(21)5-3-12)15-7-6-14(8-16(15)22)27-19(29)25-18(28)10-24-27/h2-11,30H,1H3,(H,25,28,29). The van der Waals surface area contributed by atoms with Crippen molar-refractivity contribution in [1.29, 1.82) is 0 Å². The fourth-order valence-corrected chi connectivity index (χ4v) is 3.74. The highest BCUT2D eigenvalue weighted by molar-refractivity contribution is 6.31. The Kier molecular flexibility index (Phi) is 5.07. The van der Waals surface area contributed by atoms with Gasteiger partial charge in [-0.3, -0.25) is 9.78 Å². The molecule has 0 aliphatic heterocycles. The fraction of sp³-hybridized carbons (Fsp3) is 0.100. The van der Waals surface area contributed by atoms with Crippen LogP contribution in [0.5, 0.6) is 0 Å². The molecule has 2 heterocycles. The first-order valence-electron chi connectivity index (χ1n) is 8.75. The Balaban J connectivity index is 1.92. The van der Waals surface area contributed by atoms with Gasteiger partial charge in [0, 0.05) is 22.7 Å². The summed E-state index contributed by atoms with van der Waals surface area (Å²) < 4.78 is 2.69. The van der Waals surface area contributed by atoms with Gasteiger partial charge < -0.3 is 9.67 Å². The molecule has 0 amide bonds. The number of hydrogen-bond donors (Lipinski definition) is 2. The molecule has 1 atom stereocenters. The van der Waals surface area contributed by atoms with E-state index in [1.807, 2.05) is 0 Å². The third-order valence-corrected chi connectivity index (χ3v) is 5.31. The van der Waals surface area contributed by atoms with E-state index in [0.717, 1.165) is 10.9 Å². The topological polar surface area (TPSA) is 106 Å². The number of hydrogen-bond acceptors (Lipinski definition) is 5. The summed E-state index contributed by atoms with van der Waals surface area (Å²) in [6, 6.07) is 11.4. The summed E-state index contributed by atoms with van der Waals surface area (Å²) in [5, 5.41) is 16.4. The molecule has 1 unspecified atom stereocenters. The van der Waals surface area contributed by atoms with Gasteiger partial charge in [-0.2, -0.15) is 9.78 Å². The molecule has 10 heteroatoms. The van der Waals surface area contributed by atoms with Crippen molar-refractivity contribution < 1.29 is 5.11 Å². The van der Waals surface area contributed by atoms with Crippen molar-refractivity contribution in [2.24, 2.45) is 7.05 Å². The summed E-state index contributed by atoms with van der Waals surface area (Å²) in [5.41, 5.74) is -1.24. The molecule has 2 N–H and O–H groups in total. The van der Waals surface area contributed by atoms with E-state index < -0.39 is 16.9 Å². The molecule has 152 valence electrons. The Morgan fingerprint density at radius 2 is 1.80 bits per heavy atom. The van der Waals surface area contributed by atoms with Crippen molar-refractivity contribution in [3.05, 3.63) is 109 Å². The van der Waals surface area contributed by atoms with E-state index in [2.05, 4.69) is 15.1 Å². The normalized spacial score (nSPS) is 13.2. The van der Waals surface area contributed by atoms with Crippen LogP contribution >= 0.6 is 23.2 Å². The number of halogens is 2. The predicted octanol–water partition coefficient (Wildman–Crippen LogP) is 2.25. The van der Waals surface area contributed by atoms with E-state index in [1.165, 1.54) is 6.07 Å². The van der Waals surface area contributed by atoms with Crippen LogP contribution in [-0.2, 0) is 12.6 Å². The monoisotopic (exact) mass is 443 g/mol. The molecule has 0 radical (unpaired) electrons. The van der Waals surface area contributed by atoms with Gasteiger partial charge in [-0.25, -0.2) is 9.78 Å². The number of aryl methyl sites for hydroxylation is 1. The number of benzene rings is 2. The highest BCUT2D eigenvalue weighted by Gasteiger charge is 2.38. The minimum atomic E-state index is -1.64. The van der Waals surface area contributed by atoms with Gasteiger partial charge in [0.1, 0.15) is 6.20 Å². The number of H-pyrrole nitrogens is 1. The molecule has 0 saturated heterocycles. The summed E-state index contributed by atoms with van der Waals surface area (Å²) in [5.74, 6) is 0. The van der Waals surface area contributed by atoms with E-state index in [0.29, 0.717) is 27.5 Å². The quantitative estimate of drug-likeness (QED) is 0.502. The molecule has 0 bridgehead atoms. The van der Waals surface area contributed by atoms with Crippen molar-refractivity contribution >= 4 is 23.2 Å². The lowest BCUT2D eigenvalue weighted by molar-refractivity contribution is 0.117. The van der Waals surface area contributed by atoms with E-state index in [-0.39, 0.29) is 5.02 Å². The maximum Gasteiger partial charge on any atom is 0.349 e. The Labute approximate surface area is 180 Å². The van der Waals surface area contributed by atoms with Crippen LogP contribution in [0.4, 0.5) is 0 Å². The summed E-state index contributed by atoms with van der Waals surface area (Å²) in [4.78, 5) is 29.6. The van der Waals surface area contributed by atoms with Crippen LogP contribution in [0.2, 0.25) is 10.0 Å². The first-order chi connectivity index (χ1) is 14.3. The lowest BCUT2D eigenvalue weighted by Crippen LogP contribution is -2.32. The van der Waals surface area contributed by atoms with Crippen LogP contribution in [0.15, 0.2) is 70.8 Å². The number of nitrogens with zero attached hydrogens (tertiary/aromatic N) is 4.